The van der Waals surface area contributed by atoms with Crippen molar-refractivity contribution in [2.75, 3.05) is 5.32 Å². The summed E-state index contributed by atoms with van der Waals surface area (Å²) in [5.74, 6) is 0.145. The molecule has 1 atom stereocenters. The van der Waals surface area contributed by atoms with E-state index in [1.165, 1.54) is 5.56 Å². The molecule has 0 fully saturated rings. The maximum Gasteiger partial charge on any atom is 0.265 e. The first-order chi connectivity index (χ1) is 13.1. The predicted octanol–water partition coefficient (Wildman–Crippen LogP) is 4.63. The van der Waals surface area contributed by atoms with Crippen molar-refractivity contribution in [3.8, 4) is 5.75 Å². The van der Waals surface area contributed by atoms with Gasteiger partial charge in [0.25, 0.3) is 11.8 Å². The van der Waals surface area contributed by atoms with Gasteiger partial charge in [-0.3, -0.25) is 9.59 Å². The molecule has 2 aromatic carbocycles. The predicted molar refractivity (Wildman–Crippen MR) is 113 cm³/mol. The summed E-state index contributed by atoms with van der Waals surface area (Å²) < 4.78 is 5.90. The highest BCUT2D eigenvalue weighted by Crippen LogP contribution is 2.21. The first-order valence-electron chi connectivity index (χ1n) is 9.57. The number of hydrogen-bond acceptors (Lipinski definition) is 3. The molecule has 0 saturated carbocycles. The summed E-state index contributed by atoms with van der Waals surface area (Å²) in [4.78, 5) is 25.4. The molecule has 5 heteroatoms. The quantitative estimate of drug-likeness (QED) is 0.765. The summed E-state index contributed by atoms with van der Waals surface area (Å²) in [5, 5.41) is 5.77. The smallest absolute Gasteiger partial charge is 0.265 e. The second-order valence-electron chi connectivity index (χ2n) is 8.00. The summed E-state index contributed by atoms with van der Waals surface area (Å²) in [6.07, 6.45) is -0.143. The van der Waals surface area contributed by atoms with E-state index in [9.17, 15) is 9.59 Å². The SMILES string of the molecule is CC[C@@H](Oc1ccc(C)c(C)c1)C(=O)Nc1ccccc1C(=O)NC(C)(C)C. The molecule has 0 radical (unpaired) electrons. The molecule has 2 amide bonds. The maximum atomic E-state index is 12.8. The first-order valence-corrected chi connectivity index (χ1v) is 9.57. The molecule has 0 aromatic heterocycles. The molecule has 2 N–H and O–H groups in total. The third kappa shape index (κ3) is 5.84. The van der Waals surface area contributed by atoms with Gasteiger partial charge in [-0.25, -0.2) is 0 Å². The van der Waals surface area contributed by atoms with Crippen LogP contribution in [0.25, 0.3) is 0 Å². The van der Waals surface area contributed by atoms with Gasteiger partial charge in [-0.1, -0.05) is 25.1 Å². The van der Waals surface area contributed by atoms with E-state index in [1.807, 2.05) is 59.7 Å². The number of benzene rings is 2. The van der Waals surface area contributed by atoms with Crippen LogP contribution in [-0.2, 0) is 4.79 Å². The van der Waals surface area contributed by atoms with Crippen LogP contribution in [-0.4, -0.2) is 23.5 Å². The van der Waals surface area contributed by atoms with Crippen LogP contribution in [0.3, 0.4) is 0 Å². The number of amides is 2. The van der Waals surface area contributed by atoms with Crippen LogP contribution in [0, 0.1) is 13.8 Å². The van der Waals surface area contributed by atoms with Gasteiger partial charge in [0.15, 0.2) is 6.10 Å². The van der Waals surface area contributed by atoms with Gasteiger partial charge in [0.05, 0.1) is 11.3 Å². The molecule has 28 heavy (non-hydrogen) atoms. The average molecular weight is 383 g/mol. The van der Waals surface area contributed by atoms with Crippen molar-refractivity contribution >= 4 is 17.5 Å². The van der Waals surface area contributed by atoms with Gasteiger partial charge in [0.1, 0.15) is 5.75 Å². The van der Waals surface area contributed by atoms with Crippen LogP contribution in [0.15, 0.2) is 42.5 Å². The normalized spacial score (nSPS) is 12.2. The Morgan fingerprint density at radius 2 is 1.71 bits per heavy atom. The first kappa shape index (κ1) is 21.5. The average Bonchev–Trinajstić information content (AvgIpc) is 2.61. The topological polar surface area (TPSA) is 67.4 Å². The monoisotopic (exact) mass is 382 g/mol. The minimum absolute atomic E-state index is 0.230. The number of aryl methyl sites for hydroxylation is 2. The highest BCUT2D eigenvalue weighted by molar-refractivity contribution is 6.04. The van der Waals surface area contributed by atoms with Gasteiger partial charge in [0, 0.05) is 5.54 Å². The molecule has 5 nitrogen and oxygen atoms in total. The molecule has 0 bridgehead atoms. The second-order valence-corrected chi connectivity index (χ2v) is 8.00. The van der Waals surface area contributed by atoms with Gasteiger partial charge in [-0.2, -0.15) is 0 Å². The van der Waals surface area contributed by atoms with Crippen molar-refractivity contribution in [1.82, 2.24) is 5.32 Å². The van der Waals surface area contributed by atoms with Crippen molar-refractivity contribution in [3.63, 3.8) is 0 Å². The Morgan fingerprint density at radius 3 is 2.32 bits per heavy atom. The van der Waals surface area contributed by atoms with E-state index in [4.69, 9.17) is 4.74 Å². The van der Waals surface area contributed by atoms with E-state index < -0.39 is 6.10 Å². The lowest BCUT2D eigenvalue weighted by Crippen LogP contribution is -2.41. The van der Waals surface area contributed by atoms with Gasteiger partial charge >= 0.3 is 0 Å². The Morgan fingerprint density at radius 1 is 1.04 bits per heavy atom. The van der Waals surface area contributed by atoms with Crippen LogP contribution in [0.4, 0.5) is 5.69 Å². The third-order valence-electron chi connectivity index (χ3n) is 4.34. The fourth-order valence-corrected chi connectivity index (χ4v) is 2.69. The van der Waals surface area contributed by atoms with Gasteiger partial charge in [-0.05, 0) is 76.4 Å². The minimum Gasteiger partial charge on any atom is -0.481 e. The molecule has 0 saturated heterocycles. The fourth-order valence-electron chi connectivity index (χ4n) is 2.69. The highest BCUT2D eigenvalue weighted by atomic mass is 16.5. The largest absolute Gasteiger partial charge is 0.481 e. The third-order valence-corrected chi connectivity index (χ3v) is 4.34. The molecular formula is C23H30N2O3. The number of rotatable bonds is 6. The van der Waals surface area contributed by atoms with E-state index in [-0.39, 0.29) is 17.4 Å². The van der Waals surface area contributed by atoms with Crippen LogP contribution in [0.5, 0.6) is 5.75 Å². The van der Waals surface area contributed by atoms with Crippen molar-refractivity contribution < 1.29 is 14.3 Å². The summed E-state index contributed by atoms with van der Waals surface area (Å²) in [6, 6.07) is 12.7. The van der Waals surface area contributed by atoms with Crippen molar-refractivity contribution in [2.24, 2.45) is 0 Å². The fraction of sp³-hybridized carbons (Fsp3) is 0.391. The number of ether oxygens (including phenoxy) is 1. The van der Waals surface area contributed by atoms with E-state index in [0.29, 0.717) is 23.4 Å². The minimum atomic E-state index is -0.652. The van der Waals surface area contributed by atoms with E-state index >= 15 is 0 Å². The molecular weight excluding hydrogens is 352 g/mol. The zero-order valence-electron chi connectivity index (χ0n) is 17.6. The van der Waals surface area contributed by atoms with Crippen LogP contribution < -0.4 is 15.4 Å². The Labute approximate surface area is 167 Å². The molecule has 0 spiro atoms. The van der Waals surface area contributed by atoms with Gasteiger partial charge < -0.3 is 15.4 Å². The van der Waals surface area contributed by atoms with Gasteiger partial charge in [-0.15, -0.1) is 0 Å². The summed E-state index contributed by atoms with van der Waals surface area (Å²) in [5.41, 5.74) is 2.80. The molecule has 0 heterocycles. The second kappa shape index (κ2) is 8.91. The molecule has 2 aromatic rings. The standard InChI is InChI=1S/C23H30N2O3/c1-7-20(28-17-13-12-15(2)16(3)14-17)22(27)24-19-11-9-8-10-18(19)21(26)25-23(4,5)6/h8-14,20H,7H2,1-6H3,(H,24,27)(H,25,26)/t20-/m1/s1. The zero-order valence-corrected chi connectivity index (χ0v) is 17.6. The van der Waals surface area contributed by atoms with E-state index in [0.717, 1.165) is 5.56 Å². The highest BCUT2D eigenvalue weighted by Gasteiger charge is 2.22. The zero-order chi connectivity index (χ0) is 20.9. The molecule has 0 aliphatic heterocycles. The molecule has 0 aliphatic carbocycles. The number of para-hydroxylation sites is 1. The molecule has 0 aliphatic rings. The summed E-state index contributed by atoms with van der Waals surface area (Å²) >= 11 is 0. The molecule has 2 rings (SSSR count). The van der Waals surface area contributed by atoms with Crippen molar-refractivity contribution in [3.05, 3.63) is 59.2 Å². The number of nitrogens with one attached hydrogen (secondary N) is 2. The number of carbonyl (C=O) groups is 2. The van der Waals surface area contributed by atoms with E-state index in [1.54, 1.807) is 24.3 Å². The van der Waals surface area contributed by atoms with Crippen molar-refractivity contribution in [2.45, 2.75) is 59.6 Å². The summed E-state index contributed by atoms with van der Waals surface area (Å²) in [6.45, 7) is 11.7. The number of hydrogen-bond donors (Lipinski definition) is 2. The van der Waals surface area contributed by atoms with Gasteiger partial charge in [0.2, 0.25) is 0 Å². The van der Waals surface area contributed by atoms with Crippen LogP contribution in [0.1, 0.15) is 55.6 Å². The Hall–Kier alpha value is -2.82. The Kier molecular flexibility index (Phi) is 6.84. The lowest BCUT2D eigenvalue weighted by atomic mass is 10.1. The number of anilines is 1. The molecule has 0 unspecified atom stereocenters. The Balaban J connectivity index is 2.16. The summed E-state index contributed by atoms with van der Waals surface area (Å²) in [7, 11) is 0. The lowest BCUT2D eigenvalue weighted by molar-refractivity contribution is -0.122. The maximum absolute atomic E-state index is 12.8. The van der Waals surface area contributed by atoms with Crippen LogP contribution >= 0.6 is 0 Å². The molecule has 150 valence electrons. The van der Waals surface area contributed by atoms with Crippen LogP contribution in [0.2, 0.25) is 0 Å². The van der Waals surface area contributed by atoms with Crippen molar-refractivity contribution in [1.29, 1.82) is 0 Å². The number of carbonyl (C=O) groups excluding carboxylic acids is 2. The van der Waals surface area contributed by atoms with E-state index in [2.05, 4.69) is 10.6 Å². The Bertz CT molecular complexity index is 853. The lowest BCUT2D eigenvalue weighted by Gasteiger charge is -2.22.